The second kappa shape index (κ2) is 8.72. The molecule has 0 saturated heterocycles. The number of rotatable bonds is 8. The van der Waals surface area contributed by atoms with E-state index >= 15 is 0 Å². The first-order valence-electron chi connectivity index (χ1n) is 6.80. The highest BCUT2D eigenvalue weighted by Gasteiger charge is 2.14. The summed E-state index contributed by atoms with van der Waals surface area (Å²) < 4.78 is 5.29. The lowest BCUT2D eigenvalue weighted by Gasteiger charge is -2.20. The van der Waals surface area contributed by atoms with E-state index in [9.17, 15) is 0 Å². The fraction of sp³-hybridized carbons (Fsp3) is 0.600. The van der Waals surface area contributed by atoms with Gasteiger partial charge in [0.25, 0.3) is 0 Å². The summed E-state index contributed by atoms with van der Waals surface area (Å²) in [6.07, 6.45) is 1.20. The van der Waals surface area contributed by atoms with Gasteiger partial charge in [0.15, 0.2) is 0 Å². The number of hydrogen-bond donors (Lipinski definition) is 1. The molecule has 2 atom stereocenters. The lowest BCUT2D eigenvalue weighted by Crippen LogP contribution is -2.23. The van der Waals surface area contributed by atoms with E-state index in [2.05, 4.69) is 32.2 Å². The zero-order chi connectivity index (χ0) is 14.3. The van der Waals surface area contributed by atoms with Crippen LogP contribution in [0.2, 0.25) is 5.02 Å². The first-order valence-corrected chi connectivity index (χ1v) is 8.23. The van der Waals surface area contributed by atoms with Gasteiger partial charge in [-0.05, 0) is 30.7 Å². The summed E-state index contributed by atoms with van der Waals surface area (Å²) in [4.78, 5) is 0. The van der Waals surface area contributed by atoms with E-state index in [-0.39, 0.29) is 0 Å². The quantitative estimate of drug-likeness (QED) is 0.762. The van der Waals surface area contributed by atoms with Crippen LogP contribution in [-0.4, -0.2) is 24.7 Å². The molecule has 0 bridgehead atoms. The predicted octanol–water partition coefficient (Wildman–Crippen LogP) is 4.53. The van der Waals surface area contributed by atoms with E-state index in [1.807, 2.05) is 23.9 Å². The lowest BCUT2D eigenvalue weighted by molar-refractivity contribution is 0.413. The monoisotopic (exact) mass is 301 g/mol. The van der Waals surface area contributed by atoms with Gasteiger partial charge in [0.2, 0.25) is 0 Å². The second-order valence-electron chi connectivity index (χ2n) is 4.56. The van der Waals surface area contributed by atoms with Gasteiger partial charge in [-0.2, -0.15) is 11.8 Å². The second-order valence-corrected chi connectivity index (χ2v) is 6.44. The molecule has 0 aliphatic rings. The van der Waals surface area contributed by atoms with Gasteiger partial charge in [-0.1, -0.05) is 38.4 Å². The molecule has 1 aromatic rings. The van der Waals surface area contributed by atoms with Crippen molar-refractivity contribution in [3.63, 3.8) is 0 Å². The van der Waals surface area contributed by atoms with Crippen LogP contribution in [0, 0.1) is 0 Å². The summed E-state index contributed by atoms with van der Waals surface area (Å²) in [6.45, 7) is 7.59. The zero-order valence-corrected chi connectivity index (χ0v) is 13.8. The van der Waals surface area contributed by atoms with Gasteiger partial charge < -0.3 is 10.1 Å². The Morgan fingerprint density at radius 3 is 2.68 bits per heavy atom. The third-order valence-corrected chi connectivity index (χ3v) is 4.89. The number of benzene rings is 1. The number of nitrogens with one attached hydrogen (secondary N) is 1. The van der Waals surface area contributed by atoms with Gasteiger partial charge >= 0.3 is 0 Å². The van der Waals surface area contributed by atoms with Crippen LogP contribution in [-0.2, 0) is 0 Å². The molecule has 0 aromatic heterocycles. The predicted molar refractivity (Wildman–Crippen MR) is 86.6 cm³/mol. The topological polar surface area (TPSA) is 21.3 Å². The van der Waals surface area contributed by atoms with Crippen LogP contribution in [0.15, 0.2) is 18.2 Å². The fourth-order valence-electron chi connectivity index (χ4n) is 1.79. The molecule has 0 saturated carbocycles. The Labute approximate surface area is 126 Å². The molecule has 1 N–H and O–H groups in total. The van der Waals surface area contributed by atoms with E-state index in [0.717, 1.165) is 18.0 Å². The highest BCUT2D eigenvalue weighted by Crippen LogP contribution is 2.30. The number of ether oxygens (including phenoxy) is 1. The SMILES string of the molecule is CCNC(CSC(C)CC)c1ccc(Cl)c(OC)c1. The Bertz CT molecular complexity index is 386. The summed E-state index contributed by atoms with van der Waals surface area (Å²) >= 11 is 8.08. The lowest BCUT2D eigenvalue weighted by atomic mass is 10.1. The fourth-order valence-corrected chi connectivity index (χ4v) is 3.05. The Hall–Kier alpha value is -0.380. The molecule has 2 unspecified atom stereocenters. The Morgan fingerprint density at radius 2 is 2.11 bits per heavy atom. The van der Waals surface area contributed by atoms with Crippen LogP contribution in [0.1, 0.15) is 38.8 Å². The number of thioether (sulfide) groups is 1. The summed E-state index contributed by atoms with van der Waals surface area (Å²) in [5.74, 6) is 1.81. The molecule has 0 aliphatic carbocycles. The van der Waals surface area contributed by atoms with Crippen molar-refractivity contribution >= 4 is 23.4 Å². The number of halogens is 1. The van der Waals surface area contributed by atoms with Crippen molar-refractivity contribution in [2.45, 2.75) is 38.5 Å². The maximum atomic E-state index is 6.08. The van der Waals surface area contributed by atoms with Crippen molar-refractivity contribution in [1.29, 1.82) is 0 Å². The van der Waals surface area contributed by atoms with Crippen molar-refractivity contribution in [2.75, 3.05) is 19.4 Å². The molecule has 0 heterocycles. The average Bonchev–Trinajstić information content (AvgIpc) is 2.43. The Morgan fingerprint density at radius 1 is 1.37 bits per heavy atom. The molecule has 1 rings (SSSR count). The highest BCUT2D eigenvalue weighted by atomic mass is 35.5. The molecule has 0 aliphatic heterocycles. The minimum Gasteiger partial charge on any atom is -0.495 e. The molecular weight excluding hydrogens is 278 g/mol. The Balaban J connectivity index is 2.80. The molecule has 108 valence electrons. The van der Waals surface area contributed by atoms with Crippen LogP contribution in [0.5, 0.6) is 5.75 Å². The van der Waals surface area contributed by atoms with E-state index in [1.165, 1.54) is 12.0 Å². The van der Waals surface area contributed by atoms with Crippen LogP contribution in [0.3, 0.4) is 0 Å². The molecule has 2 nitrogen and oxygen atoms in total. The van der Waals surface area contributed by atoms with Crippen molar-refractivity contribution in [3.05, 3.63) is 28.8 Å². The van der Waals surface area contributed by atoms with Gasteiger partial charge in [-0.15, -0.1) is 0 Å². The Kier molecular flexibility index (Phi) is 7.66. The first kappa shape index (κ1) is 16.7. The van der Waals surface area contributed by atoms with Gasteiger partial charge in [-0.3, -0.25) is 0 Å². The van der Waals surface area contributed by atoms with Crippen LogP contribution >= 0.6 is 23.4 Å². The third-order valence-electron chi connectivity index (χ3n) is 3.15. The highest BCUT2D eigenvalue weighted by molar-refractivity contribution is 7.99. The molecule has 0 amide bonds. The van der Waals surface area contributed by atoms with Gasteiger partial charge in [-0.25, -0.2) is 0 Å². The average molecular weight is 302 g/mol. The molecule has 1 aromatic carbocycles. The minimum atomic E-state index is 0.343. The summed E-state index contributed by atoms with van der Waals surface area (Å²) in [7, 11) is 1.65. The number of hydrogen-bond acceptors (Lipinski definition) is 3. The largest absolute Gasteiger partial charge is 0.495 e. The van der Waals surface area contributed by atoms with Gasteiger partial charge in [0.05, 0.1) is 12.1 Å². The van der Waals surface area contributed by atoms with Crippen LogP contribution < -0.4 is 10.1 Å². The standard InChI is InChI=1S/C15H24ClNOS/c1-5-11(3)19-10-14(17-6-2)12-7-8-13(16)15(9-12)18-4/h7-9,11,14,17H,5-6,10H2,1-4H3. The molecule has 0 spiro atoms. The van der Waals surface area contributed by atoms with Crippen LogP contribution in [0.25, 0.3) is 0 Å². The minimum absolute atomic E-state index is 0.343. The molecule has 4 heteroatoms. The van der Waals surface area contributed by atoms with Gasteiger partial charge in [0.1, 0.15) is 5.75 Å². The summed E-state index contributed by atoms with van der Waals surface area (Å²) in [5.41, 5.74) is 1.24. The number of methoxy groups -OCH3 is 1. The van der Waals surface area contributed by atoms with E-state index < -0.39 is 0 Å². The zero-order valence-electron chi connectivity index (χ0n) is 12.2. The summed E-state index contributed by atoms with van der Waals surface area (Å²) in [6, 6.07) is 6.37. The van der Waals surface area contributed by atoms with Gasteiger partial charge in [0, 0.05) is 17.0 Å². The molecular formula is C15H24ClNOS. The smallest absolute Gasteiger partial charge is 0.137 e. The molecule has 0 radical (unpaired) electrons. The van der Waals surface area contributed by atoms with E-state index in [4.69, 9.17) is 16.3 Å². The van der Waals surface area contributed by atoms with Crippen molar-refractivity contribution < 1.29 is 4.74 Å². The maximum Gasteiger partial charge on any atom is 0.137 e. The third kappa shape index (κ3) is 5.25. The normalized spacial score (nSPS) is 14.2. The maximum absolute atomic E-state index is 6.08. The van der Waals surface area contributed by atoms with Crippen molar-refractivity contribution in [2.24, 2.45) is 0 Å². The molecule has 19 heavy (non-hydrogen) atoms. The van der Waals surface area contributed by atoms with E-state index in [1.54, 1.807) is 7.11 Å². The molecule has 0 fully saturated rings. The summed E-state index contributed by atoms with van der Waals surface area (Å²) in [5, 5.41) is 4.88. The first-order chi connectivity index (χ1) is 9.12. The van der Waals surface area contributed by atoms with E-state index in [0.29, 0.717) is 16.3 Å². The van der Waals surface area contributed by atoms with Crippen LogP contribution in [0.4, 0.5) is 0 Å². The van der Waals surface area contributed by atoms with Crippen molar-refractivity contribution in [3.8, 4) is 5.75 Å². The van der Waals surface area contributed by atoms with Crippen molar-refractivity contribution in [1.82, 2.24) is 5.32 Å².